The van der Waals surface area contributed by atoms with Gasteiger partial charge in [0.05, 0.1) is 19.4 Å². The predicted octanol–water partition coefficient (Wildman–Crippen LogP) is 3.96. The third-order valence-electron chi connectivity index (χ3n) is 5.09. The van der Waals surface area contributed by atoms with E-state index in [0.29, 0.717) is 0 Å². The maximum Gasteiger partial charge on any atom is 0.320 e. The van der Waals surface area contributed by atoms with Crippen molar-refractivity contribution in [3.05, 3.63) is 108 Å². The SMILES string of the molecule is O=C(CNC(CC(=O)OCc1ccccc1)CC(=O)OCc1ccccc1)OCc1ccccc1. The standard InChI is InChI=1S/C28H29NO6/c30-26(33-19-22-10-4-1-5-11-22)16-25(17-27(31)34-20-23-12-6-2-7-13-23)29-18-28(32)35-21-24-14-8-3-9-15-24/h1-15,25,29H,16-21H2. The van der Waals surface area contributed by atoms with E-state index in [1.807, 2.05) is 91.0 Å². The van der Waals surface area contributed by atoms with Gasteiger partial charge in [-0.05, 0) is 16.7 Å². The lowest BCUT2D eigenvalue weighted by molar-refractivity contribution is -0.149. The number of esters is 3. The van der Waals surface area contributed by atoms with E-state index in [2.05, 4.69) is 5.32 Å². The number of hydrogen-bond acceptors (Lipinski definition) is 7. The quantitative estimate of drug-likeness (QED) is 0.296. The summed E-state index contributed by atoms with van der Waals surface area (Å²) in [6.07, 6.45) is -0.196. The Morgan fingerprint density at radius 1 is 0.543 bits per heavy atom. The Morgan fingerprint density at radius 3 is 1.26 bits per heavy atom. The zero-order chi connectivity index (χ0) is 24.7. The molecule has 182 valence electrons. The maximum atomic E-state index is 12.4. The average molecular weight is 476 g/mol. The molecule has 0 radical (unpaired) electrons. The van der Waals surface area contributed by atoms with Gasteiger partial charge in [0.25, 0.3) is 0 Å². The first-order valence-corrected chi connectivity index (χ1v) is 11.4. The van der Waals surface area contributed by atoms with Crippen molar-refractivity contribution in [2.24, 2.45) is 0 Å². The summed E-state index contributed by atoms with van der Waals surface area (Å²) in [6.45, 7) is 0.244. The molecule has 0 saturated heterocycles. The lowest BCUT2D eigenvalue weighted by Gasteiger charge is -2.17. The van der Waals surface area contributed by atoms with E-state index in [1.54, 1.807) is 0 Å². The lowest BCUT2D eigenvalue weighted by atomic mass is 10.1. The van der Waals surface area contributed by atoms with Crippen LogP contribution in [-0.4, -0.2) is 30.5 Å². The van der Waals surface area contributed by atoms with Crippen LogP contribution in [0.5, 0.6) is 0 Å². The molecule has 7 nitrogen and oxygen atoms in total. The Labute approximate surface area is 205 Å². The van der Waals surface area contributed by atoms with Crippen molar-refractivity contribution >= 4 is 17.9 Å². The molecule has 3 aromatic rings. The van der Waals surface area contributed by atoms with E-state index in [-0.39, 0.29) is 39.2 Å². The van der Waals surface area contributed by atoms with Crippen LogP contribution in [0.1, 0.15) is 29.5 Å². The summed E-state index contributed by atoms with van der Waals surface area (Å²) in [6, 6.07) is 27.3. The molecule has 0 spiro atoms. The van der Waals surface area contributed by atoms with Gasteiger partial charge in [-0.1, -0.05) is 91.0 Å². The Morgan fingerprint density at radius 2 is 0.886 bits per heavy atom. The van der Waals surface area contributed by atoms with Gasteiger partial charge in [-0.15, -0.1) is 0 Å². The molecule has 0 aliphatic carbocycles. The van der Waals surface area contributed by atoms with Crippen molar-refractivity contribution < 1.29 is 28.6 Å². The zero-order valence-corrected chi connectivity index (χ0v) is 19.4. The third-order valence-corrected chi connectivity index (χ3v) is 5.09. The predicted molar refractivity (Wildman–Crippen MR) is 130 cm³/mol. The van der Waals surface area contributed by atoms with Gasteiger partial charge in [0.15, 0.2) is 0 Å². The van der Waals surface area contributed by atoms with E-state index < -0.39 is 23.9 Å². The lowest BCUT2D eigenvalue weighted by Crippen LogP contribution is -2.38. The summed E-state index contributed by atoms with van der Waals surface area (Å²) in [5.74, 6) is -1.46. The Bertz CT molecular complexity index is 999. The molecule has 0 unspecified atom stereocenters. The van der Waals surface area contributed by atoms with Gasteiger partial charge in [-0.3, -0.25) is 14.4 Å². The minimum Gasteiger partial charge on any atom is -0.461 e. The van der Waals surface area contributed by atoms with Crippen LogP contribution in [0.4, 0.5) is 0 Å². The average Bonchev–Trinajstić information content (AvgIpc) is 2.90. The van der Waals surface area contributed by atoms with E-state index in [4.69, 9.17) is 14.2 Å². The fraction of sp³-hybridized carbons (Fsp3) is 0.250. The summed E-state index contributed by atoms with van der Waals surface area (Å²) in [5, 5.41) is 2.94. The molecule has 1 N–H and O–H groups in total. The Kier molecular flexibility index (Phi) is 10.5. The fourth-order valence-electron chi connectivity index (χ4n) is 3.23. The molecule has 0 bridgehead atoms. The highest BCUT2D eigenvalue weighted by Gasteiger charge is 2.21. The number of rotatable bonds is 13. The maximum absolute atomic E-state index is 12.4. The molecule has 0 amide bonds. The molecule has 0 aliphatic heterocycles. The van der Waals surface area contributed by atoms with Gasteiger partial charge in [-0.25, -0.2) is 0 Å². The monoisotopic (exact) mass is 475 g/mol. The Balaban J connectivity index is 1.49. The number of carbonyl (C=O) groups is 3. The van der Waals surface area contributed by atoms with Crippen LogP contribution in [0.2, 0.25) is 0 Å². The highest BCUT2D eigenvalue weighted by molar-refractivity contribution is 5.75. The molecule has 3 aromatic carbocycles. The third kappa shape index (κ3) is 10.2. The van der Waals surface area contributed by atoms with Gasteiger partial charge >= 0.3 is 17.9 Å². The van der Waals surface area contributed by atoms with Crippen LogP contribution in [0.15, 0.2) is 91.0 Å². The molecule has 0 saturated carbocycles. The first-order valence-electron chi connectivity index (χ1n) is 11.4. The van der Waals surface area contributed by atoms with Crippen molar-refractivity contribution in [1.82, 2.24) is 5.32 Å². The molecule has 3 rings (SSSR count). The number of carbonyl (C=O) groups excluding carboxylic acids is 3. The topological polar surface area (TPSA) is 90.9 Å². The molecule has 0 aliphatic rings. The highest BCUT2D eigenvalue weighted by Crippen LogP contribution is 2.08. The molecule has 0 fully saturated rings. The van der Waals surface area contributed by atoms with Gasteiger partial charge in [0.2, 0.25) is 0 Å². The van der Waals surface area contributed by atoms with Crippen LogP contribution in [0.25, 0.3) is 0 Å². The van der Waals surface area contributed by atoms with Crippen molar-refractivity contribution in [1.29, 1.82) is 0 Å². The summed E-state index contributed by atoms with van der Waals surface area (Å²) >= 11 is 0. The number of benzene rings is 3. The van der Waals surface area contributed by atoms with Gasteiger partial charge < -0.3 is 19.5 Å². The number of nitrogens with one attached hydrogen (secondary N) is 1. The molecule has 0 aromatic heterocycles. The molecular weight excluding hydrogens is 446 g/mol. The molecule has 7 heteroatoms. The first-order chi connectivity index (χ1) is 17.1. The molecule has 35 heavy (non-hydrogen) atoms. The number of hydrogen-bond donors (Lipinski definition) is 1. The van der Waals surface area contributed by atoms with Gasteiger partial charge in [-0.2, -0.15) is 0 Å². The van der Waals surface area contributed by atoms with Crippen LogP contribution in [-0.2, 0) is 48.4 Å². The van der Waals surface area contributed by atoms with Crippen molar-refractivity contribution in [2.45, 2.75) is 38.7 Å². The van der Waals surface area contributed by atoms with Crippen LogP contribution in [0.3, 0.4) is 0 Å². The fourth-order valence-corrected chi connectivity index (χ4v) is 3.23. The van der Waals surface area contributed by atoms with Gasteiger partial charge in [0.1, 0.15) is 19.8 Å². The molecular formula is C28H29NO6. The second-order valence-corrected chi connectivity index (χ2v) is 7.92. The van der Waals surface area contributed by atoms with Crippen molar-refractivity contribution in [3.8, 4) is 0 Å². The Hall–Kier alpha value is -3.97. The minimum atomic E-state index is -0.647. The second-order valence-electron chi connectivity index (χ2n) is 7.92. The van der Waals surface area contributed by atoms with Crippen molar-refractivity contribution in [3.63, 3.8) is 0 Å². The zero-order valence-electron chi connectivity index (χ0n) is 19.4. The summed E-state index contributed by atoms with van der Waals surface area (Å²) in [5.41, 5.74) is 2.58. The summed E-state index contributed by atoms with van der Waals surface area (Å²) < 4.78 is 15.9. The molecule has 0 heterocycles. The van der Waals surface area contributed by atoms with Crippen LogP contribution >= 0.6 is 0 Å². The van der Waals surface area contributed by atoms with Crippen LogP contribution in [0, 0.1) is 0 Å². The van der Waals surface area contributed by atoms with Crippen LogP contribution < -0.4 is 5.32 Å². The van der Waals surface area contributed by atoms with E-state index in [0.717, 1.165) is 16.7 Å². The van der Waals surface area contributed by atoms with Gasteiger partial charge in [0, 0.05) is 6.04 Å². The van der Waals surface area contributed by atoms with Crippen molar-refractivity contribution in [2.75, 3.05) is 6.54 Å². The summed E-state index contributed by atoms with van der Waals surface area (Å²) in [7, 11) is 0. The van der Waals surface area contributed by atoms with E-state index >= 15 is 0 Å². The smallest absolute Gasteiger partial charge is 0.320 e. The first kappa shape index (κ1) is 25.6. The largest absolute Gasteiger partial charge is 0.461 e. The molecule has 0 atom stereocenters. The highest BCUT2D eigenvalue weighted by atomic mass is 16.5. The van der Waals surface area contributed by atoms with E-state index in [9.17, 15) is 14.4 Å². The minimum absolute atomic E-state index is 0.0980. The normalized spacial score (nSPS) is 10.5. The number of ether oxygens (including phenoxy) is 3. The second kappa shape index (κ2) is 14.3. The summed E-state index contributed by atoms with van der Waals surface area (Å²) in [4.78, 5) is 37.0. The van der Waals surface area contributed by atoms with E-state index in [1.165, 1.54) is 0 Å².